The molecule has 0 spiro atoms. The number of aromatic nitrogens is 2. The predicted molar refractivity (Wildman–Crippen MR) is 130 cm³/mol. The van der Waals surface area contributed by atoms with Crippen molar-refractivity contribution in [2.24, 2.45) is 7.05 Å². The van der Waals surface area contributed by atoms with Gasteiger partial charge in [-0.2, -0.15) is 36.7 Å². The number of rotatable bonds is 7. The Hall–Kier alpha value is -3.70. The van der Waals surface area contributed by atoms with Crippen molar-refractivity contribution in [3.8, 4) is 6.07 Å². The van der Waals surface area contributed by atoms with Crippen LogP contribution in [0.4, 0.5) is 37.8 Å². The highest BCUT2D eigenvalue weighted by molar-refractivity contribution is 7.95. The largest absolute Gasteiger partial charge is 0.416 e. The normalized spacial score (nSPS) is 14.9. The van der Waals surface area contributed by atoms with Gasteiger partial charge < -0.3 is 10.6 Å². The summed E-state index contributed by atoms with van der Waals surface area (Å²) in [5.74, 6) is -0.370. The van der Waals surface area contributed by atoms with Crippen molar-refractivity contribution < 1.29 is 34.8 Å². The number of nitriles is 1. The van der Waals surface area contributed by atoms with E-state index in [1.54, 1.807) is 6.07 Å². The number of hydrogen-bond donors (Lipinski definition) is 2. The fourth-order valence-electron chi connectivity index (χ4n) is 3.61. The van der Waals surface area contributed by atoms with Gasteiger partial charge in [0.05, 0.1) is 21.7 Å². The van der Waals surface area contributed by atoms with E-state index in [0.29, 0.717) is 17.8 Å². The second-order valence-corrected chi connectivity index (χ2v) is 11.0. The van der Waals surface area contributed by atoms with Gasteiger partial charge >= 0.3 is 12.4 Å². The summed E-state index contributed by atoms with van der Waals surface area (Å²) >= 11 is 5.82. The Morgan fingerprint density at radius 1 is 1.00 bits per heavy atom. The zero-order valence-electron chi connectivity index (χ0n) is 19.8. The standard InChI is InChI=1S/C24H18ClF6N5O2S/c1-36-21(11-19(35-36)13-2-3-13)34-22(20(12-32)39(37,38)18-6-4-16(25)5-7-18)33-17-9-14(23(26,27)28)8-15(10-17)24(29,30)31/h4-11,13,33-34H,2-3H2,1H3/b22-20+. The van der Waals surface area contributed by atoms with Gasteiger partial charge in [-0.3, -0.25) is 4.68 Å². The number of alkyl halides is 6. The molecule has 0 amide bonds. The molecule has 2 N–H and O–H groups in total. The van der Waals surface area contributed by atoms with Gasteiger partial charge in [0.1, 0.15) is 17.7 Å². The molecule has 3 aromatic rings. The minimum atomic E-state index is -5.15. The van der Waals surface area contributed by atoms with E-state index in [4.69, 9.17) is 11.6 Å². The van der Waals surface area contributed by atoms with Crippen molar-refractivity contribution in [2.75, 3.05) is 10.6 Å². The molecule has 0 unspecified atom stereocenters. The molecule has 1 aliphatic rings. The molecule has 1 aromatic heterocycles. The summed E-state index contributed by atoms with van der Waals surface area (Å²) in [5.41, 5.74) is -3.37. The van der Waals surface area contributed by atoms with Crippen LogP contribution in [0.3, 0.4) is 0 Å². The number of aryl methyl sites for hydroxylation is 1. The van der Waals surface area contributed by atoms with E-state index in [2.05, 4.69) is 15.7 Å². The number of sulfone groups is 1. The Balaban J connectivity index is 1.89. The van der Waals surface area contributed by atoms with Crippen LogP contribution >= 0.6 is 11.6 Å². The van der Waals surface area contributed by atoms with Crippen molar-refractivity contribution in [3.63, 3.8) is 0 Å². The predicted octanol–water partition coefficient (Wildman–Crippen LogP) is 6.68. The smallest absolute Gasteiger partial charge is 0.340 e. The fraction of sp³-hybridized carbons (Fsp3) is 0.250. The van der Waals surface area contributed by atoms with Gasteiger partial charge in [0, 0.05) is 29.7 Å². The minimum Gasteiger partial charge on any atom is -0.340 e. The Kier molecular flexibility index (Phi) is 7.35. The summed E-state index contributed by atoms with van der Waals surface area (Å²) < 4.78 is 109. The molecule has 15 heteroatoms. The van der Waals surface area contributed by atoms with Gasteiger partial charge in [-0.25, -0.2) is 8.42 Å². The van der Waals surface area contributed by atoms with Crippen molar-refractivity contribution in [2.45, 2.75) is 36.0 Å². The van der Waals surface area contributed by atoms with E-state index < -0.39 is 49.7 Å². The molecule has 206 valence electrons. The molecule has 1 fully saturated rings. The summed E-state index contributed by atoms with van der Waals surface area (Å²) in [6.07, 6.45) is -8.56. The first kappa shape index (κ1) is 28.3. The molecule has 1 saturated carbocycles. The maximum Gasteiger partial charge on any atom is 0.416 e. The Morgan fingerprint density at radius 2 is 1.56 bits per heavy atom. The van der Waals surface area contributed by atoms with Crippen molar-refractivity contribution in [1.29, 1.82) is 5.26 Å². The molecule has 1 aliphatic carbocycles. The van der Waals surface area contributed by atoms with Crippen LogP contribution in [0.2, 0.25) is 5.02 Å². The first-order valence-electron chi connectivity index (χ1n) is 11.1. The number of nitrogens with zero attached hydrogens (tertiary/aromatic N) is 3. The molecule has 0 aliphatic heterocycles. The molecule has 7 nitrogen and oxygen atoms in total. The number of allylic oxidation sites excluding steroid dienone is 1. The van der Waals surface area contributed by atoms with Crippen LogP contribution in [0, 0.1) is 11.3 Å². The molecule has 1 heterocycles. The summed E-state index contributed by atoms with van der Waals surface area (Å²) in [6.45, 7) is 0. The number of nitrogens with one attached hydrogen (secondary N) is 2. The number of hydrogen-bond acceptors (Lipinski definition) is 6. The molecule has 0 radical (unpaired) electrons. The second-order valence-electron chi connectivity index (χ2n) is 8.67. The third-order valence-corrected chi connectivity index (χ3v) is 7.70. The molecule has 0 atom stereocenters. The van der Waals surface area contributed by atoms with Gasteiger partial charge in [0.25, 0.3) is 0 Å². The van der Waals surface area contributed by atoms with Crippen LogP contribution in [0.25, 0.3) is 0 Å². The highest BCUT2D eigenvalue weighted by Gasteiger charge is 2.37. The third kappa shape index (κ3) is 6.31. The summed E-state index contributed by atoms with van der Waals surface area (Å²) in [4.78, 5) is -1.38. The van der Waals surface area contributed by atoms with Gasteiger partial charge in [-0.15, -0.1) is 0 Å². The zero-order valence-corrected chi connectivity index (χ0v) is 21.4. The topological polar surface area (TPSA) is 99.8 Å². The van der Waals surface area contributed by atoms with Crippen molar-refractivity contribution >= 4 is 32.9 Å². The van der Waals surface area contributed by atoms with Crippen LogP contribution in [-0.4, -0.2) is 18.2 Å². The van der Waals surface area contributed by atoms with E-state index in [9.17, 15) is 40.0 Å². The quantitative estimate of drug-likeness (QED) is 0.236. The Labute approximate surface area is 223 Å². The van der Waals surface area contributed by atoms with Crippen molar-refractivity contribution in [1.82, 2.24) is 9.78 Å². The highest BCUT2D eigenvalue weighted by Crippen LogP contribution is 2.41. The van der Waals surface area contributed by atoms with Gasteiger partial charge in [0.2, 0.25) is 9.84 Å². The zero-order chi connectivity index (χ0) is 28.8. The second kappa shape index (κ2) is 10.1. The van der Waals surface area contributed by atoms with Crippen LogP contribution in [0.1, 0.15) is 35.6 Å². The maximum absolute atomic E-state index is 13.4. The lowest BCUT2D eigenvalue weighted by Gasteiger charge is -2.19. The van der Waals surface area contributed by atoms with Gasteiger partial charge in [-0.05, 0) is 55.3 Å². The van der Waals surface area contributed by atoms with Crippen LogP contribution in [-0.2, 0) is 29.2 Å². The van der Waals surface area contributed by atoms with Crippen molar-refractivity contribution in [3.05, 3.63) is 81.1 Å². The Morgan fingerprint density at radius 3 is 2.05 bits per heavy atom. The van der Waals surface area contributed by atoms with E-state index in [1.807, 2.05) is 0 Å². The van der Waals surface area contributed by atoms with Crippen LogP contribution in [0.15, 0.2) is 64.2 Å². The molecule has 0 bridgehead atoms. The maximum atomic E-state index is 13.4. The van der Waals surface area contributed by atoms with E-state index in [-0.39, 0.29) is 27.7 Å². The monoisotopic (exact) mass is 589 g/mol. The Bertz CT molecular complexity index is 1550. The fourth-order valence-corrected chi connectivity index (χ4v) is 4.96. The average Bonchev–Trinajstić information content (AvgIpc) is 3.62. The van der Waals surface area contributed by atoms with E-state index >= 15 is 0 Å². The van der Waals surface area contributed by atoms with Gasteiger partial charge in [-0.1, -0.05) is 11.6 Å². The lowest BCUT2D eigenvalue weighted by atomic mass is 10.1. The summed E-state index contributed by atoms with van der Waals surface area (Å²) in [7, 11) is -3.14. The first-order valence-corrected chi connectivity index (χ1v) is 13.0. The minimum absolute atomic E-state index is 0.0688. The lowest BCUT2D eigenvalue weighted by molar-refractivity contribution is -0.143. The summed E-state index contributed by atoms with van der Waals surface area (Å²) in [6, 6.07) is 8.44. The lowest BCUT2D eigenvalue weighted by Crippen LogP contribution is -2.20. The molecule has 2 aromatic carbocycles. The highest BCUT2D eigenvalue weighted by atomic mass is 35.5. The molecular formula is C24H18ClF6N5O2S. The first-order chi connectivity index (χ1) is 18.1. The van der Waals surface area contributed by atoms with E-state index in [0.717, 1.165) is 25.0 Å². The third-order valence-electron chi connectivity index (χ3n) is 5.73. The number of halogens is 7. The molecule has 39 heavy (non-hydrogen) atoms. The average molecular weight is 590 g/mol. The van der Waals surface area contributed by atoms with E-state index in [1.165, 1.54) is 29.9 Å². The van der Waals surface area contributed by atoms with Crippen LogP contribution < -0.4 is 10.6 Å². The molecule has 4 rings (SSSR count). The molecular weight excluding hydrogens is 572 g/mol. The van der Waals surface area contributed by atoms with Crippen LogP contribution in [0.5, 0.6) is 0 Å². The van der Waals surface area contributed by atoms with Gasteiger partial charge in [0.15, 0.2) is 4.91 Å². The summed E-state index contributed by atoms with van der Waals surface area (Å²) in [5, 5.41) is 19.3. The number of benzene rings is 2. The SMILES string of the molecule is Cn1nc(C2CC2)cc1N/C(Nc1cc(C(F)(F)F)cc(C(F)(F)F)c1)=C(\C#N)S(=O)(=O)c1ccc(Cl)cc1. The number of anilines is 2. The molecule has 0 saturated heterocycles.